The third-order valence-electron chi connectivity index (χ3n) is 3.96. The molecule has 1 heterocycles. The highest BCUT2D eigenvalue weighted by Crippen LogP contribution is 2.23. The minimum Gasteiger partial charge on any atom is -0.369 e. The van der Waals surface area contributed by atoms with Crippen LogP contribution in [-0.2, 0) is 10.0 Å². The summed E-state index contributed by atoms with van der Waals surface area (Å²) < 4.78 is 52.9. The lowest BCUT2D eigenvalue weighted by molar-refractivity contribution is 0.384. The molecule has 0 amide bonds. The van der Waals surface area contributed by atoms with Crippen molar-refractivity contribution in [1.29, 1.82) is 0 Å². The van der Waals surface area contributed by atoms with E-state index in [1.807, 2.05) is 4.90 Å². The van der Waals surface area contributed by atoms with Gasteiger partial charge in [0.15, 0.2) is 11.6 Å². The van der Waals surface area contributed by atoms with Crippen LogP contribution in [0.2, 0.25) is 5.02 Å². The van der Waals surface area contributed by atoms with Crippen molar-refractivity contribution in [3.63, 3.8) is 0 Å². The standard InChI is InChI=1S/C16H15ClF2N2O2S/c17-12-1-4-14(5-2-12)24(22,23)21-9-7-20(8-10-21)13-3-6-15(18)16(19)11-13/h1-6,11H,7-10H2. The highest BCUT2D eigenvalue weighted by Gasteiger charge is 2.28. The molecule has 0 aliphatic carbocycles. The summed E-state index contributed by atoms with van der Waals surface area (Å²) in [6.45, 7) is 1.34. The second-order valence-electron chi connectivity index (χ2n) is 5.44. The molecule has 0 saturated carbocycles. The first-order valence-electron chi connectivity index (χ1n) is 7.33. The van der Waals surface area contributed by atoms with Crippen molar-refractivity contribution in [2.24, 2.45) is 0 Å². The van der Waals surface area contributed by atoms with E-state index in [1.165, 1.54) is 34.6 Å². The molecule has 2 aromatic rings. The van der Waals surface area contributed by atoms with Crippen molar-refractivity contribution in [3.8, 4) is 0 Å². The first-order valence-corrected chi connectivity index (χ1v) is 9.15. The summed E-state index contributed by atoms with van der Waals surface area (Å²) in [5, 5.41) is 0.470. The van der Waals surface area contributed by atoms with Gasteiger partial charge in [-0.3, -0.25) is 0 Å². The monoisotopic (exact) mass is 372 g/mol. The summed E-state index contributed by atoms with van der Waals surface area (Å²) >= 11 is 5.79. The van der Waals surface area contributed by atoms with Gasteiger partial charge in [0.1, 0.15) is 0 Å². The first kappa shape index (κ1) is 17.1. The zero-order valence-electron chi connectivity index (χ0n) is 12.6. The minimum absolute atomic E-state index is 0.188. The van der Waals surface area contributed by atoms with Gasteiger partial charge in [0.25, 0.3) is 0 Å². The molecule has 1 aliphatic heterocycles. The summed E-state index contributed by atoms with van der Waals surface area (Å²) in [6.07, 6.45) is 0. The van der Waals surface area contributed by atoms with E-state index in [4.69, 9.17) is 11.6 Å². The van der Waals surface area contributed by atoms with Gasteiger partial charge in [-0.05, 0) is 36.4 Å². The number of hydrogen-bond donors (Lipinski definition) is 0. The van der Waals surface area contributed by atoms with Crippen LogP contribution in [0.5, 0.6) is 0 Å². The third-order valence-corrected chi connectivity index (χ3v) is 6.12. The molecule has 3 rings (SSSR count). The second-order valence-corrected chi connectivity index (χ2v) is 7.82. The predicted molar refractivity (Wildman–Crippen MR) is 88.8 cm³/mol. The maximum absolute atomic E-state index is 13.3. The van der Waals surface area contributed by atoms with Crippen LogP contribution in [0.1, 0.15) is 0 Å². The summed E-state index contributed by atoms with van der Waals surface area (Å²) in [4.78, 5) is 2.02. The number of benzene rings is 2. The molecule has 0 N–H and O–H groups in total. The van der Waals surface area contributed by atoms with E-state index in [0.29, 0.717) is 23.8 Å². The average Bonchev–Trinajstić information content (AvgIpc) is 2.58. The van der Waals surface area contributed by atoms with Crippen molar-refractivity contribution >= 4 is 27.3 Å². The fourth-order valence-corrected chi connectivity index (χ4v) is 4.17. The molecule has 0 atom stereocenters. The van der Waals surface area contributed by atoms with Gasteiger partial charge in [-0.15, -0.1) is 0 Å². The van der Waals surface area contributed by atoms with Crippen LogP contribution in [0, 0.1) is 11.6 Å². The number of piperazine rings is 1. The van der Waals surface area contributed by atoms with Crippen LogP contribution in [0.4, 0.5) is 14.5 Å². The maximum atomic E-state index is 13.3. The Morgan fingerprint density at radius 3 is 2.08 bits per heavy atom. The number of nitrogens with zero attached hydrogens (tertiary/aromatic N) is 2. The molecule has 1 fully saturated rings. The van der Waals surface area contributed by atoms with Gasteiger partial charge in [-0.1, -0.05) is 11.6 Å². The van der Waals surface area contributed by atoms with Crippen LogP contribution in [0.3, 0.4) is 0 Å². The van der Waals surface area contributed by atoms with Gasteiger partial charge < -0.3 is 4.90 Å². The van der Waals surface area contributed by atoms with Gasteiger partial charge >= 0.3 is 0 Å². The Morgan fingerprint density at radius 2 is 1.50 bits per heavy atom. The van der Waals surface area contributed by atoms with Gasteiger partial charge in [-0.2, -0.15) is 4.31 Å². The topological polar surface area (TPSA) is 40.6 Å². The molecular weight excluding hydrogens is 358 g/mol. The molecule has 1 saturated heterocycles. The quantitative estimate of drug-likeness (QED) is 0.831. The summed E-state index contributed by atoms with van der Waals surface area (Å²) in [6, 6.07) is 9.69. The third kappa shape index (κ3) is 3.38. The molecule has 1 aliphatic rings. The number of halogens is 3. The van der Waals surface area contributed by atoms with E-state index < -0.39 is 21.7 Å². The van der Waals surface area contributed by atoms with Crippen LogP contribution < -0.4 is 4.90 Å². The highest BCUT2D eigenvalue weighted by molar-refractivity contribution is 7.89. The van der Waals surface area contributed by atoms with E-state index in [2.05, 4.69) is 0 Å². The predicted octanol–water partition coefficient (Wildman–Crippen LogP) is 3.13. The fraction of sp³-hybridized carbons (Fsp3) is 0.250. The molecule has 0 radical (unpaired) electrons. The van der Waals surface area contributed by atoms with Gasteiger partial charge in [0.05, 0.1) is 4.90 Å². The largest absolute Gasteiger partial charge is 0.369 e. The van der Waals surface area contributed by atoms with E-state index in [9.17, 15) is 17.2 Å². The summed E-state index contributed by atoms with van der Waals surface area (Å²) in [5.74, 6) is -1.81. The Labute approximate surface area is 144 Å². The van der Waals surface area contributed by atoms with E-state index >= 15 is 0 Å². The number of rotatable bonds is 3. The summed E-state index contributed by atoms with van der Waals surface area (Å²) in [7, 11) is -3.59. The Bertz CT molecular complexity index is 836. The lowest BCUT2D eigenvalue weighted by atomic mass is 10.2. The fourth-order valence-electron chi connectivity index (χ4n) is 2.62. The van der Waals surface area contributed by atoms with E-state index in [0.717, 1.165) is 12.1 Å². The molecular formula is C16H15ClF2N2O2S. The summed E-state index contributed by atoms with van der Waals surface area (Å²) in [5.41, 5.74) is 0.539. The number of anilines is 1. The molecule has 128 valence electrons. The zero-order chi connectivity index (χ0) is 17.3. The molecule has 8 heteroatoms. The van der Waals surface area contributed by atoms with Crippen molar-refractivity contribution < 1.29 is 17.2 Å². The SMILES string of the molecule is O=S(=O)(c1ccc(Cl)cc1)N1CCN(c2ccc(F)c(F)c2)CC1. The van der Waals surface area contributed by atoms with E-state index in [1.54, 1.807) is 0 Å². The average molecular weight is 373 g/mol. The van der Waals surface area contributed by atoms with Gasteiger partial charge in [-0.25, -0.2) is 17.2 Å². The van der Waals surface area contributed by atoms with Gasteiger partial charge in [0.2, 0.25) is 10.0 Å². The van der Waals surface area contributed by atoms with Crippen LogP contribution in [-0.4, -0.2) is 38.9 Å². The Morgan fingerprint density at radius 1 is 0.875 bits per heavy atom. The maximum Gasteiger partial charge on any atom is 0.243 e. The zero-order valence-corrected chi connectivity index (χ0v) is 14.2. The second kappa shape index (κ2) is 6.66. The minimum atomic E-state index is -3.59. The van der Waals surface area contributed by atoms with Crippen LogP contribution in [0.15, 0.2) is 47.4 Å². The van der Waals surface area contributed by atoms with Gasteiger partial charge in [0, 0.05) is 43.0 Å². The first-order chi connectivity index (χ1) is 11.4. The molecule has 4 nitrogen and oxygen atoms in total. The molecule has 24 heavy (non-hydrogen) atoms. The smallest absolute Gasteiger partial charge is 0.243 e. The molecule has 0 bridgehead atoms. The van der Waals surface area contributed by atoms with E-state index in [-0.39, 0.29) is 18.0 Å². The van der Waals surface area contributed by atoms with Crippen molar-refractivity contribution in [1.82, 2.24) is 4.31 Å². The molecule has 2 aromatic carbocycles. The van der Waals surface area contributed by atoms with Crippen molar-refractivity contribution in [3.05, 3.63) is 59.1 Å². The molecule has 0 spiro atoms. The van der Waals surface area contributed by atoms with Crippen LogP contribution >= 0.6 is 11.6 Å². The Kier molecular flexibility index (Phi) is 4.76. The van der Waals surface area contributed by atoms with Crippen molar-refractivity contribution in [2.45, 2.75) is 4.90 Å². The normalized spacial score (nSPS) is 16.4. The number of sulfonamides is 1. The molecule has 0 unspecified atom stereocenters. The Balaban J connectivity index is 1.72. The van der Waals surface area contributed by atoms with Crippen molar-refractivity contribution in [2.75, 3.05) is 31.1 Å². The lowest BCUT2D eigenvalue weighted by Crippen LogP contribution is -2.48. The lowest BCUT2D eigenvalue weighted by Gasteiger charge is -2.35. The molecule has 0 aromatic heterocycles. The number of hydrogen-bond acceptors (Lipinski definition) is 3. The Hall–Kier alpha value is -1.70. The van der Waals surface area contributed by atoms with Crippen LogP contribution in [0.25, 0.3) is 0 Å². The highest BCUT2D eigenvalue weighted by atomic mass is 35.5.